The van der Waals surface area contributed by atoms with Gasteiger partial charge in [0.25, 0.3) is 11.6 Å². The number of carbonyl (C=O) groups excluding carboxylic acids is 1. The van der Waals surface area contributed by atoms with Crippen LogP contribution in [0.1, 0.15) is 17.3 Å². The van der Waals surface area contributed by atoms with Crippen molar-refractivity contribution in [3.05, 3.63) is 46.2 Å². The smallest absolute Gasteiger partial charge is 0.282 e. The third-order valence-corrected chi connectivity index (χ3v) is 2.50. The van der Waals surface area contributed by atoms with Crippen molar-refractivity contribution in [2.45, 2.75) is 6.92 Å². The normalized spacial score (nSPS) is 10.1. The minimum Gasteiger partial charge on any atom is -0.385 e. The largest absolute Gasteiger partial charge is 0.385 e. The number of hydrogen-bond donors (Lipinski definition) is 2. The average molecular weight is 276 g/mol. The molecule has 0 saturated heterocycles. The predicted molar refractivity (Wildman–Crippen MR) is 71.7 cm³/mol. The van der Waals surface area contributed by atoms with Crippen molar-refractivity contribution in [2.75, 3.05) is 17.2 Å². The molecule has 2 aromatic rings. The van der Waals surface area contributed by atoms with Gasteiger partial charge >= 0.3 is 0 Å². The van der Waals surface area contributed by atoms with E-state index in [0.717, 1.165) is 0 Å². The topological polar surface area (TPSA) is 110 Å². The molecule has 0 aliphatic rings. The van der Waals surface area contributed by atoms with Crippen molar-refractivity contribution in [2.24, 2.45) is 0 Å². The lowest BCUT2D eigenvalue weighted by atomic mass is 10.1. The molecule has 0 unspecified atom stereocenters. The van der Waals surface area contributed by atoms with E-state index >= 15 is 0 Å². The van der Waals surface area contributed by atoms with Crippen LogP contribution in [-0.4, -0.2) is 22.5 Å². The first kappa shape index (κ1) is 13.5. The molecule has 2 rings (SSSR count). The molecule has 0 saturated carbocycles. The highest BCUT2D eigenvalue weighted by Gasteiger charge is 2.21. The minimum atomic E-state index is -0.620. The fourth-order valence-corrected chi connectivity index (χ4v) is 1.65. The third-order valence-electron chi connectivity index (χ3n) is 2.50. The van der Waals surface area contributed by atoms with E-state index in [9.17, 15) is 14.9 Å². The molecule has 8 heteroatoms. The van der Waals surface area contributed by atoms with Crippen LogP contribution in [-0.2, 0) is 0 Å². The Morgan fingerprint density at radius 1 is 1.45 bits per heavy atom. The summed E-state index contributed by atoms with van der Waals surface area (Å²) in [6.07, 6.45) is 1.29. The molecule has 1 aromatic carbocycles. The fourth-order valence-electron chi connectivity index (χ4n) is 1.65. The highest BCUT2D eigenvalue weighted by molar-refractivity contribution is 6.07. The van der Waals surface area contributed by atoms with Crippen molar-refractivity contribution in [1.29, 1.82) is 0 Å². The second kappa shape index (κ2) is 5.83. The van der Waals surface area contributed by atoms with E-state index in [2.05, 4.69) is 20.3 Å². The standard InChI is InChI=1S/C12H12N4O4/c1-2-13-8-3-4-10(16(18)19)9(7-8)12(17)14-11-5-6-20-15-11/h3-7,13H,2H2,1H3,(H,14,15,17). The van der Waals surface area contributed by atoms with Crippen LogP contribution >= 0.6 is 0 Å². The summed E-state index contributed by atoms with van der Waals surface area (Å²) < 4.78 is 4.58. The number of carbonyl (C=O) groups is 1. The number of rotatable bonds is 5. The van der Waals surface area contributed by atoms with Gasteiger partial charge in [-0.1, -0.05) is 5.16 Å². The number of anilines is 2. The molecule has 0 aliphatic heterocycles. The molecule has 0 atom stereocenters. The van der Waals surface area contributed by atoms with Gasteiger partial charge < -0.3 is 15.2 Å². The van der Waals surface area contributed by atoms with Gasteiger partial charge in [-0.3, -0.25) is 14.9 Å². The Morgan fingerprint density at radius 2 is 2.25 bits per heavy atom. The zero-order valence-electron chi connectivity index (χ0n) is 10.6. The maximum atomic E-state index is 12.1. The van der Waals surface area contributed by atoms with Crippen molar-refractivity contribution >= 4 is 23.1 Å². The van der Waals surface area contributed by atoms with Gasteiger partial charge in [-0.05, 0) is 19.1 Å². The molecule has 20 heavy (non-hydrogen) atoms. The second-order valence-electron chi connectivity index (χ2n) is 3.86. The molecule has 104 valence electrons. The first-order valence-electron chi connectivity index (χ1n) is 5.86. The van der Waals surface area contributed by atoms with Gasteiger partial charge in [-0.15, -0.1) is 0 Å². The summed E-state index contributed by atoms with van der Waals surface area (Å²) in [7, 11) is 0. The predicted octanol–water partition coefficient (Wildman–Crippen LogP) is 2.27. The number of benzene rings is 1. The monoisotopic (exact) mass is 276 g/mol. The zero-order chi connectivity index (χ0) is 14.5. The molecule has 0 spiro atoms. The fraction of sp³-hybridized carbons (Fsp3) is 0.167. The molecular formula is C12H12N4O4. The van der Waals surface area contributed by atoms with Crippen LogP contribution < -0.4 is 10.6 Å². The summed E-state index contributed by atoms with van der Waals surface area (Å²) in [6, 6.07) is 5.71. The summed E-state index contributed by atoms with van der Waals surface area (Å²) in [5.74, 6) is -0.427. The summed E-state index contributed by atoms with van der Waals surface area (Å²) in [5.41, 5.74) is 0.313. The molecule has 2 N–H and O–H groups in total. The quantitative estimate of drug-likeness (QED) is 0.640. The van der Waals surface area contributed by atoms with E-state index < -0.39 is 10.8 Å². The average Bonchev–Trinajstić information content (AvgIpc) is 2.91. The maximum Gasteiger partial charge on any atom is 0.282 e. The Balaban J connectivity index is 2.33. The van der Waals surface area contributed by atoms with Crippen molar-refractivity contribution in [1.82, 2.24) is 5.16 Å². The SMILES string of the molecule is CCNc1ccc([N+](=O)[O-])c(C(=O)Nc2ccon2)c1. The van der Waals surface area contributed by atoms with E-state index in [0.29, 0.717) is 12.2 Å². The van der Waals surface area contributed by atoms with Crippen LogP contribution in [0, 0.1) is 10.1 Å². The lowest BCUT2D eigenvalue weighted by molar-refractivity contribution is -0.385. The van der Waals surface area contributed by atoms with Gasteiger partial charge in [0.05, 0.1) is 4.92 Å². The number of nitro benzene ring substituents is 1. The minimum absolute atomic E-state index is 0.0450. The molecule has 0 radical (unpaired) electrons. The van der Waals surface area contributed by atoms with Gasteiger partial charge in [0.2, 0.25) is 0 Å². The van der Waals surface area contributed by atoms with Gasteiger partial charge in [0, 0.05) is 24.4 Å². The number of hydrogen-bond acceptors (Lipinski definition) is 6. The first-order chi connectivity index (χ1) is 9.61. The molecule has 8 nitrogen and oxygen atoms in total. The second-order valence-corrected chi connectivity index (χ2v) is 3.86. The van der Waals surface area contributed by atoms with E-state index in [1.54, 1.807) is 6.07 Å². The highest BCUT2D eigenvalue weighted by atomic mass is 16.6. The number of nitrogens with zero attached hydrogens (tertiary/aromatic N) is 2. The Labute approximate surface area is 113 Å². The highest BCUT2D eigenvalue weighted by Crippen LogP contribution is 2.23. The van der Waals surface area contributed by atoms with E-state index in [1.807, 2.05) is 6.92 Å². The van der Waals surface area contributed by atoms with Crippen LogP contribution in [0.2, 0.25) is 0 Å². The van der Waals surface area contributed by atoms with Gasteiger partial charge in [0.1, 0.15) is 11.8 Å². The maximum absolute atomic E-state index is 12.1. The van der Waals surface area contributed by atoms with Crippen molar-refractivity contribution in [3.8, 4) is 0 Å². The lowest BCUT2D eigenvalue weighted by Gasteiger charge is -2.07. The molecule has 0 aliphatic carbocycles. The number of amides is 1. The van der Waals surface area contributed by atoms with Gasteiger partial charge in [-0.25, -0.2) is 0 Å². The van der Waals surface area contributed by atoms with Crippen LogP contribution in [0.5, 0.6) is 0 Å². The van der Waals surface area contributed by atoms with Crippen molar-refractivity contribution < 1.29 is 14.2 Å². The zero-order valence-corrected chi connectivity index (χ0v) is 10.6. The molecular weight excluding hydrogens is 264 g/mol. The summed E-state index contributed by atoms with van der Waals surface area (Å²) in [6.45, 7) is 2.53. The molecule has 0 fully saturated rings. The summed E-state index contributed by atoms with van der Waals surface area (Å²) >= 11 is 0. The van der Waals surface area contributed by atoms with E-state index in [-0.39, 0.29) is 17.1 Å². The van der Waals surface area contributed by atoms with Gasteiger partial charge in [0.15, 0.2) is 5.82 Å². The van der Waals surface area contributed by atoms with Crippen LogP contribution in [0.3, 0.4) is 0 Å². The Bertz CT molecular complexity index is 624. The summed E-state index contributed by atoms with van der Waals surface area (Å²) in [5, 5.41) is 19.9. The van der Waals surface area contributed by atoms with E-state index in [4.69, 9.17) is 0 Å². The number of nitrogens with one attached hydrogen (secondary N) is 2. The molecule has 1 amide bonds. The van der Waals surface area contributed by atoms with Crippen molar-refractivity contribution in [3.63, 3.8) is 0 Å². The lowest BCUT2D eigenvalue weighted by Crippen LogP contribution is -2.14. The third kappa shape index (κ3) is 2.91. The first-order valence-corrected chi connectivity index (χ1v) is 5.86. The van der Waals surface area contributed by atoms with Crippen LogP contribution in [0.15, 0.2) is 35.1 Å². The Hall–Kier alpha value is -2.90. The summed E-state index contributed by atoms with van der Waals surface area (Å²) in [4.78, 5) is 22.4. The Morgan fingerprint density at radius 3 is 2.85 bits per heavy atom. The number of aromatic nitrogens is 1. The number of nitro groups is 1. The molecule has 1 heterocycles. The van der Waals surface area contributed by atoms with E-state index in [1.165, 1.54) is 24.5 Å². The van der Waals surface area contributed by atoms with Crippen LogP contribution in [0.25, 0.3) is 0 Å². The molecule has 1 aromatic heterocycles. The molecule has 0 bridgehead atoms. The van der Waals surface area contributed by atoms with Crippen LogP contribution in [0.4, 0.5) is 17.2 Å². The Kier molecular flexibility index (Phi) is 3.94. The van der Waals surface area contributed by atoms with Gasteiger partial charge in [-0.2, -0.15) is 0 Å².